The smallest absolute Gasteiger partial charge is 0.257 e. The second-order valence-electron chi connectivity index (χ2n) is 4.34. The van der Waals surface area contributed by atoms with Crippen LogP contribution in [-0.4, -0.2) is 44.1 Å². The van der Waals surface area contributed by atoms with Crippen LogP contribution in [0.5, 0.6) is 0 Å². The van der Waals surface area contributed by atoms with Gasteiger partial charge in [-0.3, -0.25) is 9.69 Å². The highest BCUT2D eigenvalue weighted by molar-refractivity contribution is 6.00. The Hall–Kier alpha value is -2.18. The topological polar surface area (TPSA) is 89.4 Å². The Bertz CT molecular complexity index is 611. The van der Waals surface area contributed by atoms with Gasteiger partial charge in [0.05, 0.1) is 6.61 Å². The summed E-state index contributed by atoms with van der Waals surface area (Å²) in [6, 6.07) is 6.83. The number of rotatable bonds is 3. The minimum Gasteiger partial charge on any atom is -0.395 e. The van der Waals surface area contributed by atoms with Gasteiger partial charge in [0.2, 0.25) is 5.72 Å². The molecule has 0 fully saturated rings. The maximum absolute atomic E-state index is 12.3. The summed E-state index contributed by atoms with van der Waals surface area (Å²) in [5.74, 6) is -0.0530. The minimum atomic E-state index is -1.65. The molecular formula is C13H13N3O3. The third kappa shape index (κ3) is 1.50. The molecule has 6 nitrogen and oxygen atoms in total. The average Bonchev–Trinajstić information content (AvgIpc) is 3.03. The van der Waals surface area contributed by atoms with Crippen molar-refractivity contribution in [2.24, 2.45) is 0 Å². The summed E-state index contributed by atoms with van der Waals surface area (Å²) in [6.07, 6.45) is 3.09. The lowest BCUT2D eigenvalue weighted by molar-refractivity contribution is -0.0607. The normalized spacial score (nSPS) is 21.8. The van der Waals surface area contributed by atoms with Crippen molar-refractivity contribution in [1.82, 2.24) is 14.9 Å². The SMILES string of the molecule is O=C1c2ccccc2[C@@](O)(c2ncc[nH]2)N1CCO. The molecule has 2 aromatic rings. The molecule has 0 unspecified atom stereocenters. The molecule has 98 valence electrons. The number of carbonyl (C=O) groups excluding carboxylic acids is 1. The third-order valence-corrected chi connectivity index (χ3v) is 3.32. The van der Waals surface area contributed by atoms with E-state index in [0.717, 1.165) is 0 Å². The molecule has 6 heteroatoms. The van der Waals surface area contributed by atoms with Crippen molar-refractivity contribution >= 4 is 5.91 Å². The fourth-order valence-corrected chi connectivity index (χ4v) is 2.49. The predicted octanol–water partition coefficient (Wildman–Crippen LogP) is 0.0512. The number of β-amino-alcohol motifs (C(OH)–C–C–N with tert-alkyl or cyclic N) is 1. The maximum atomic E-state index is 12.3. The van der Waals surface area contributed by atoms with Crippen molar-refractivity contribution < 1.29 is 15.0 Å². The number of aromatic amines is 1. The molecule has 1 aromatic carbocycles. The molecule has 1 aliphatic rings. The van der Waals surface area contributed by atoms with Gasteiger partial charge >= 0.3 is 0 Å². The van der Waals surface area contributed by atoms with E-state index in [1.54, 1.807) is 30.5 Å². The minimum absolute atomic E-state index is 0.0325. The average molecular weight is 259 g/mol. The monoisotopic (exact) mass is 259 g/mol. The number of nitrogens with zero attached hydrogens (tertiary/aromatic N) is 2. The van der Waals surface area contributed by atoms with Crippen molar-refractivity contribution in [3.8, 4) is 0 Å². The van der Waals surface area contributed by atoms with Gasteiger partial charge in [0.1, 0.15) is 0 Å². The molecule has 19 heavy (non-hydrogen) atoms. The van der Waals surface area contributed by atoms with Gasteiger partial charge in [0.15, 0.2) is 5.82 Å². The van der Waals surface area contributed by atoms with Crippen molar-refractivity contribution in [2.75, 3.05) is 13.2 Å². The molecule has 1 atom stereocenters. The van der Waals surface area contributed by atoms with E-state index in [0.29, 0.717) is 11.1 Å². The Balaban J connectivity index is 2.22. The van der Waals surface area contributed by atoms with Gasteiger partial charge in [-0.05, 0) is 6.07 Å². The second-order valence-corrected chi connectivity index (χ2v) is 4.34. The number of hydrogen-bond donors (Lipinski definition) is 3. The molecule has 0 bridgehead atoms. The number of aliphatic hydroxyl groups is 2. The van der Waals surface area contributed by atoms with Crippen molar-refractivity contribution in [3.05, 3.63) is 53.6 Å². The molecular weight excluding hydrogens is 246 g/mol. The van der Waals surface area contributed by atoms with E-state index >= 15 is 0 Å². The lowest BCUT2D eigenvalue weighted by Gasteiger charge is -2.32. The van der Waals surface area contributed by atoms with Crippen LogP contribution in [0.1, 0.15) is 21.7 Å². The Labute approximate surface area is 109 Å². The second kappa shape index (κ2) is 4.18. The number of benzene rings is 1. The lowest BCUT2D eigenvalue weighted by atomic mass is 10.0. The maximum Gasteiger partial charge on any atom is 0.257 e. The van der Waals surface area contributed by atoms with Gasteiger partial charge in [-0.25, -0.2) is 4.98 Å². The molecule has 3 rings (SSSR count). The zero-order valence-electron chi connectivity index (χ0n) is 10.1. The van der Waals surface area contributed by atoms with Gasteiger partial charge in [-0.2, -0.15) is 0 Å². The standard InChI is InChI=1S/C13H13N3O3/c17-8-7-16-11(18)9-3-1-2-4-10(9)13(16,19)12-14-5-6-15-12/h1-6,17,19H,7-8H2,(H,14,15)/t13-/m1/s1. The number of aromatic nitrogens is 2. The zero-order chi connectivity index (χ0) is 13.5. The first-order valence-corrected chi connectivity index (χ1v) is 5.94. The lowest BCUT2D eigenvalue weighted by Crippen LogP contribution is -2.46. The molecule has 3 N–H and O–H groups in total. The molecule has 0 saturated carbocycles. The first-order chi connectivity index (χ1) is 9.19. The number of imidazole rings is 1. The number of fused-ring (bicyclic) bond motifs is 1. The summed E-state index contributed by atoms with van der Waals surface area (Å²) in [5, 5.41) is 20.1. The number of H-pyrrole nitrogens is 1. The van der Waals surface area contributed by atoms with Crippen LogP contribution in [0, 0.1) is 0 Å². The van der Waals surface area contributed by atoms with E-state index in [9.17, 15) is 9.90 Å². The van der Waals surface area contributed by atoms with Crippen molar-refractivity contribution in [3.63, 3.8) is 0 Å². The summed E-state index contributed by atoms with van der Waals surface area (Å²) in [7, 11) is 0. The molecule has 0 aliphatic carbocycles. The van der Waals surface area contributed by atoms with Gasteiger partial charge in [-0.15, -0.1) is 0 Å². The molecule has 2 heterocycles. The highest BCUT2D eigenvalue weighted by Crippen LogP contribution is 2.40. The van der Waals surface area contributed by atoms with E-state index in [1.807, 2.05) is 0 Å². The summed E-state index contributed by atoms with van der Waals surface area (Å²) in [4.78, 5) is 20.4. The fourth-order valence-electron chi connectivity index (χ4n) is 2.49. The van der Waals surface area contributed by atoms with Crippen LogP contribution in [-0.2, 0) is 5.72 Å². The Morgan fingerprint density at radius 1 is 1.37 bits per heavy atom. The summed E-state index contributed by atoms with van der Waals surface area (Å²) in [6.45, 7) is -0.201. The van der Waals surface area contributed by atoms with Gasteiger partial charge in [0, 0.05) is 30.1 Å². The quantitative estimate of drug-likeness (QED) is 0.726. The first-order valence-electron chi connectivity index (χ1n) is 5.94. The molecule has 1 aromatic heterocycles. The van der Waals surface area contributed by atoms with E-state index < -0.39 is 5.72 Å². The molecule has 1 aliphatic heterocycles. The summed E-state index contributed by atoms with van der Waals surface area (Å²) in [5.41, 5.74) is -0.752. The summed E-state index contributed by atoms with van der Waals surface area (Å²) >= 11 is 0. The first kappa shape index (κ1) is 11.9. The number of hydrogen-bond acceptors (Lipinski definition) is 4. The Morgan fingerprint density at radius 3 is 2.84 bits per heavy atom. The largest absolute Gasteiger partial charge is 0.395 e. The van der Waals surface area contributed by atoms with Crippen LogP contribution in [0.2, 0.25) is 0 Å². The van der Waals surface area contributed by atoms with Crippen LogP contribution in [0.3, 0.4) is 0 Å². The van der Waals surface area contributed by atoms with Crippen molar-refractivity contribution in [2.45, 2.75) is 5.72 Å². The van der Waals surface area contributed by atoms with E-state index in [2.05, 4.69) is 9.97 Å². The number of carbonyl (C=O) groups is 1. The molecule has 1 amide bonds. The Morgan fingerprint density at radius 2 is 2.16 bits per heavy atom. The van der Waals surface area contributed by atoms with Crippen LogP contribution in [0.15, 0.2) is 36.7 Å². The number of amides is 1. The third-order valence-electron chi connectivity index (χ3n) is 3.32. The molecule has 0 saturated heterocycles. The fraction of sp³-hybridized carbons (Fsp3) is 0.231. The van der Waals surface area contributed by atoms with Gasteiger partial charge < -0.3 is 15.2 Å². The van der Waals surface area contributed by atoms with Gasteiger partial charge in [-0.1, -0.05) is 18.2 Å². The van der Waals surface area contributed by atoms with Crippen LogP contribution < -0.4 is 0 Å². The van der Waals surface area contributed by atoms with Crippen molar-refractivity contribution in [1.29, 1.82) is 0 Å². The number of nitrogens with one attached hydrogen (secondary N) is 1. The van der Waals surface area contributed by atoms with Crippen LogP contribution in [0.4, 0.5) is 0 Å². The van der Waals surface area contributed by atoms with Gasteiger partial charge in [0.25, 0.3) is 5.91 Å². The van der Waals surface area contributed by atoms with Crippen LogP contribution >= 0.6 is 0 Å². The molecule has 0 spiro atoms. The highest BCUT2D eigenvalue weighted by Gasteiger charge is 2.51. The predicted molar refractivity (Wildman–Crippen MR) is 66.2 cm³/mol. The number of aliphatic hydroxyl groups excluding tert-OH is 1. The van der Waals surface area contributed by atoms with E-state index in [1.165, 1.54) is 11.1 Å². The molecule has 0 radical (unpaired) electrons. The highest BCUT2D eigenvalue weighted by atomic mass is 16.3. The Kier molecular flexibility index (Phi) is 2.62. The zero-order valence-corrected chi connectivity index (χ0v) is 10.1. The summed E-state index contributed by atoms with van der Waals surface area (Å²) < 4.78 is 0. The van der Waals surface area contributed by atoms with E-state index in [4.69, 9.17) is 5.11 Å². The van der Waals surface area contributed by atoms with E-state index in [-0.39, 0.29) is 24.9 Å². The van der Waals surface area contributed by atoms with Crippen LogP contribution in [0.25, 0.3) is 0 Å².